The van der Waals surface area contributed by atoms with Gasteiger partial charge >= 0.3 is 12.3 Å². The molecule has 0 spiro atoms. The molecule has 0 radical (unpaired) electrons. The summed E-state index contributed by atoms with van der Waals surface area (Å²) in [6.07, 6.45) is -5.99. The van der Waals surface area contributed by atoms with Gasteiger partial charge in [-0.15, -0.1) is 5.10 Å². The van der Waals surface area contributed by atoms with Crippen molar-refractivity contribution in [1.82, 2.24) is 14.8 Å². The molecule has 5 atom stereocenters. The highest BCUT2D eigenvalue weighted by molar-refractivity contribution is 5.85. The number of carbonyl (C=O) groups is 1. The van der Waals surface area contributed by atoms with Crippen LogP contribution in [0.1, 0.15) is 25.8 Å². The monoisotopic (exact) mass is 564 g/mol. The number of aromatic nitrogens is 3. The van der Waals surface area contributed by atoms with E-state index in [0.29, 0.717) is 29.4 Å². The molecule has 13 heteroatoms. The molecular formula is C27H31F3N4O6. The topological polar surface area (TPSA) is 106 Å². The maximum atomic E-state index is 12.8. The van der Waals surface area contributed by atoms with Crippen LogP contribution in [0.15, 0.2) is 54.9 Å². The Labute approximate surface area is 229 Å². The van der Waals surface area contributed by atoms with Crippen molar-refractivity contribution < 1.29 is 41.7 Å². The van der Waals surface area contributed by atoms with Crippen molar-refractivity contribution in [3.8, 4) is 17.1 Å². The van der Waals surface area contributed by atoms with E-state index in [4.69, 9.17) is 23.7 Å². The number of nitrogens with one attached hydrogen (secondary N) is 1. The van der Waals surface area contributed by atoms with Gasteiger partial charge in [-0.1, -0.05) is 6.92 Å². The highest BCUT2D eigenvalue weighted by Crippen LogP contribution is 2.30. The third-order valence-corrected chi connectivity index (χ3v) is 6.35. The van der Waals surface area contributed by atoms with Gasteiger partial charge in [-0.2, -0.15) is 13.2 Å². The largest absolute Gasteiger partial charge is 0.416 e. The number of benzene rings is 2. The van der Waals surface area contributed by atoms with Crippen LogP contribution in [0.25, 0.3) is 17.1 Å². The maximum Gasteiger partial charge on any atom is 0.416 e. The van der Waals surface area contributed by atoms with E-state index in [1.807, 2.05) is 13.8 Å². The fourth-order valence-corrected chi connectivity index (χ4v) is 4.36. The zero-order valence-corrected chi connectivity index (χ0v) is 22.4. The second kappa shape index (κ2) is 12.8. The maximum absolute atomic E-state index is 12.8. The zero-order chi connectivity index (χ0) is 28.9. The molecule has 3 aromatic rings. The normalized spacial score (nSPS) is 23.1. The predicted molar refractivity (Wildman–Crippen MR) is 138 cm³/mol. The van der Waals surface area contributed by atoms with E-state index in [-0.39, 0.29) is 0 Å². The van der Waals surface area contributed by atoms with Gasteiger partial charge in [0.05, 0.1) is 17.4 Å². The van der Waals surface area contributed by atoms with E-state index in [0.717, 1.165) is 18.6 Å². The number of halogens is 3. The quantitative estimate of drug-likeness (QED) is 0.384. The van der Waals surface area contributed by atoms with Crippen molar-refractivity contribution in [2.45, 2.75) is 57.2 Å². The van der Waals surface area contributed by atoms with Crippen molar-refractivity contribution >= 4 is 11.8 Å². The molecule has 1 saturated heterocycles. The molecule has 1 amide bonds. The van der Waals surface area contributed by atoms with E-state index < -0.39 is 48.5 Å². The summed E-state index contributed by atoms with van der Waals surface area (Å²) >= 11 is 0. The van der Waals surface area contributed by atoms with E-state index in [9.17, 15) is 18.0 Å². The lowest BCUT2D eigenvalue weighted by Gasteiger charge is -2.43. The van der Waals surface area contributed by atoms with Gasteiger partial charge in [-0.3, -0.25) is 5.32 Å². The number of anilines is 1. The number of alkyl halides is 3. The Morgan fingerprint density at radius 2 is 1.70 bits per heavy atom. The molecule has 2 aromatic carbocycles. The van der Waals surface area contributed by atoms with Gasteiger partial charge in [0.1, 0.15) is 24.6 Å². The van der Waals surface area contributed by atoms with Crippen LogP contribution in [0, 0.1) is 0 Å². The average Bonchev–Trinajstić information content (AvgIpc) is 3.42. The Balaban J connectivity index is 1.38. The molecule has 0 saturated carbocycles. The Morgan fingerprint density at radius 3 is 2.30 bits per heavy atom. The third-order valence-electron chi connectivity index (χ3n) is 6.35. The molecule has 1 fully saturated rings. The van der Waals surface area contributed by atoms with E-state index in [1.54, 1.807) is 31.4 Å². The molecule has 10 nitrogen and oxygen atoms in total. The fraction of sp³-hybridized carbons (Fsp3) is 0.444. The second-order valence-electron chi connectivity index (χ2n) is 9.11. The van der Waals surface area contributed by atoms with Crippen LogP contribution in [0.2, 0.25) is 0 Å². The minimum absolute atomic E-state index is 0.354. The first-order valence-corrected chi connectivity index (χ1v) is 12.6. The summed E-state index contributed by atoms with van der Waals surface area (Å²) in [7, 11) is 3.05. The number of ether oxygens (including phenoxy) is 5. The lowest BCUT2D eigenvalue weighted by Crippen LogP contribution is -2.60. The van der Waals surface area contributed by atoms with Gasteiger partial charge in [0, 0.05) is 32.1 Å². The predicted octanol–water partition coefficient (Wildman–Crippen LogP) is 5.07. The number of hydrogen-bond donors (Lipinski definition) is 1. The van der Waals surface area contributed by atoms with Gasteiger partial charge < -0.3 is 23.7 Å². The summed E-state index contributed by atoms with van der Waals surface area (Å²) in [6, 6.07) is 11.3. The van der Waals surface area contributed by atoms with Crippen LogP contribution in [-0.2, 0) is 29.9 Å². The molecule has 40 heavy (non-hydrogen) atoms. The highest BCUT2D eigenvalue weighted by atomic mass is 19.4. The number of amides is 1. The van der Waals surface area contributed by atoms with Crippen LogP contribution in [0.3, 0.4) is 0 Å². The molecule has 1 aromatic heterocycles. The van der Waals surface area contributed by atoms with Crippen LogP contribution in [-0.4, -0.2) is 72.4 Å². The van der Waals surface area contributed by atoms with Crippen LogP contribution < -0.4 is 5.32 Å². The lowest BCUT2D eigenvalue weighted by atomic mass is 9.99. The molecule has 0 unspecified atom stereocenters. The fourth-order valence-electron chi connectivity index (χ4n) is 4.36. The Morgan fingerprint density at radius 1 is 1.02 bits per heavy atom. The van der Waals surface area contributed by atoms with Gasteiger partial charge in [-0.25, -0.2) is 14.5 Å². The summed E-state index contributed by atoms with van der Waals surface area (Å²) in [6.45, 7) is 4.28. The number of hydrogen-bond acceptors (Lipinski definition) is 8. The average molecular weight is 565 g/mol. The van der Waals surface area contributed by atoms with Crippen molar-refractivity contribution in [2.24, 2.45) is 0 Å². The molecular weight excluding hydrogens is 533 g/mol. The first-order valence-electron chi connectivity index (χ1n) is 12.6. The highest BCUT2D eigenvalue weighted by Gasteiger charge is 2.47. The van der Waals surface area contributed by atoms with E-state index in [1.165, 1.54) is 30.3 Å². The molecule has 0 bridgehead atoms. The van der Waals surface area contributed by atoms with Gasteiger partial charge in [-0.05, 0) is 61.9 Å². The van der Waals surface area contributed by atoms with Crippen LogP contribution >= 0.6 is 0 Å². The molecule has 0 aliphatic carbocycles. The lowest BCUT2D eigenvalue weighted by molar-refractivity contribution is -0.292. The molecule has 216 valence electrons. The SMILES string of the molecule is CCCO[C@@H]1[C@@H](OC)[C@H](C)O[C@@H](OC(=O)Nc2ccc(-c3ncn(-c4ccc(C(F)(F)F)cc4)n3)cc2)[C@@H]1OC. The molecule has 1 aliphatic rings. The molecule has 1 aliphatic heterocycles. The Kier molecular flexibility index (Phi) is 9.40. The molecule has 1 N–H and O–H groups in total. The van der Waals surface area contributed by atoms with E-state index >= 15 is 0 Å². The smallest absolute Gasteiger partial charge is 0.416 e. The van der Waals surface area contributed by atoms with Crippen molar-refractivity contribution in [1.29, 1.82) is 0 Å². The van der Waals surface area contributed by atoms with Crippen LogP contribution in [0.5, 0.6) is 0 Å². The number of carbonyl (C=O) groups excluding carboxylic acids is 1. The first-order chi connectivity index (χ1) is 19.1. The molecule has 2 heterocycles. The van der Waals surface area contributed by atoms with Crippen molar-refractivity contribution in [3.63, 3.8) is 0 Å². The Hall–Kier alpha value is -3.52. The molecule has 4 rings (SSSR count). The van der Waals surface area contributed by atoms with Gasteiger partial charge in [0.15, 0.2) is 5.82 Å². The van der Waals surface area contributed by atoms with Gasteiger partial charge in [0.2, 0.25) is 6.29 Å². The first kappa shape index (κ1) is 29.5. The number of nitrogens with zero attached hydrogens (tertiary/aromatic N) is 3. The summed E-state index contributed by atoms with van der Waals surface area (Å²) < 4.78 is 68.3. The van der Waals surface area contributed by atoms with E-state index in [2.05, 4.69) is 15.4 Å². The summed E-state index contributed by atoms with van der Waals surface area (Å²) in [5, 5.41) is 6.99. The van der Waals surface area contributed by atoms with Crippen LogP contribution in [0.4, 0.5) is 23.7 Å². The number of methoxy groups -OCH3 is 2. The summed E-state index contributed by atoms with van der Waals surface area (Å²) in [4.78, 5) is 16.9. The number of rotatable bonds is 9. The standard InChI is InChI=1S/C27H31F3N4O6/c1-5-14-38-22-21(36-3)16(2)39-25(23(22)37-4)40-26(35)32-19-10-6-17(7-11-19)24-31-15-34(33-24)20-12-8-18(9-13-20)27(28,29)30/h6-13,15-16,21-23,25H,5,14H2,1-4H3,(H,32,35)/t16-,21-,22+,23+,25-/m0/s1. The minimum Gasteiger partial charge on any atom is -0.416 e. The van der Waals surface area contributed by atoms with Crippen molar-refractivity contribution in [2.75, 3.05) is 26.1 Å². The third kappa shape index (κ3) is 6.78. The summed E-state index contributed by atoms with van der Waals surface area (Å²) in [5.74, 6) is 0.354. The van der Waals surface area contributed by atoms with Crippen molar-refractivity contribution in [3.05, 3.63) is 60.4 Å². The zero-order valence-electron chi connectivity index (χ0n) is 22.4. The minimum atomic E-state index is -4.42. The Bertz CT molecular complexity index is 1250. The van der Waals surface area contributed by atoms with Gasteiger partial charge in [0.25, 0.3) is 0 Å². The summed E-state index contributed by atoms with van der Waals surface area (Å²) in [5.41, 5.74) is 0.766. The second-order valence-corrected chi connectivity index (χ2v) is 9.11.